The third-order valence-corrected chi connectivity index (χ3v) is 3.18. The van der Waals surface area contributed by atoms with Crippen LogP contribution >= 0.6 is 0 Å². The van der Waals surface area contributed by atoms with Crippen molar-refractivity contribution in [3.63, 3.8) is 0 Å². The summed E-state index contributed by atoms with van der Waals surface area (Å²) in [6.45, 7) is 9.68. The zero-order valence-corrected chi connectivity index (χ0v) is 12.6. The second-order valence-corrected chi connectivity index (χ2v) is 5.30. The zero-order valence-electron chi connectivity index (χ0n) is 12.6. The van der Waals surface area contributed by atoms with Crippen molar-refractivity contribution in [2.75, 3.05) is 13.2 Å². The molecule has 0 saturated carbocycles. The van der Waals surface area contributed by atoms with E-state index in [0.717, 1.165) is 6.54 Å². The summed E-state index contributed by atoms with van der Waals surface area (Å²) in [5.74, 6) is -0.521. The van der Waals surface area contributed by atoms with Gasteiger partial charge in [0.05, 0.1) is 5.56 Å². The Morgan fingerprint density at radius 1 is 1.30 bits per heavy atom. The molecule has 1 rings (SSSR count). The van der Waals surface area contributed by atoms with Crippen molar-refractivity contribution in [1.29, 1.82) is 5.41 Å². The van der Waals surface area contributed by atoms with Crippen LogP contribution in [0.2, 0.25) is 0 Å². The lowest BCUT2D eigenvalue weighted by Gasteiger charge is -2.30. The number of amidine groups is 1. The monoisotopic (exact) mass is 281 g/mol. The predicted octanol–water partition coefficient (Wildman–Crippen LogP) is 2.61. The fourth-order valence-electron chi connectivity index (χ4n) is 2.26. The molecule has 0 heterocycles. The van der Waals surface area contributed by atoms with Crippen LogP contribution in [0.4, 0.5) is 4.39 Å². The number of nitrogens with one attached hydrogen (secondary N) is 1. The summed E-state index contributed by atoms with van der Waals surface area (Å²) >= 11 is 0. The molecule has 112 valence electrons. The van der Waals surface area contributed by atoms with Crippen molar-refractivity contribution in [1.82, 2.24) is 4.90 Å². The Balaban J connectivity index is 2.71. The average molecular weight is 281 g/mol. The van der Waals surface area contributed by atoms with Gasteiger partial charge in [-0.05, 0) is 39.8 Å². The van der Waals surface area contributed by atoms with Gasteiger partial charge in [-0.15, -0.1) is 0 Å². The van der Waals surface area contributed by atoms with Gasteiger partial charge in [-0.2, -0.15) is 0 Å². The molecule has 0 aromatic heterocycles. The molecule has 0 aliphatic rings. The highest BCUT2D eigenvalue weighted by atomic mass is 19.1. The Hall–Kier alpha value is -1.62. The smallest absolute Gasteiger partial charge is 0.137 e. The molecule has 0 atom stereocenters. The van der Waals surface area contributed by atoms with Crippen molar-refractivity contribution in [3.05, 3.63) is 29.6 Å². The van der Waals surface area contributed by atoms with Crippen molar-refractivity contribution >= 4 is 5.84 Å². The average Bonchev–Trinajstić information content (AvgIpc) is 2.33. The first-order valence-electron chi connectivity index (χ1n) is 6.86. The van der Waals surface area contributed by atoms with Crippen molar-refractivity contribution in [3.8, 4) is 5.75 Å². The SMILES string of the molecule is CC(C)N(CCOc1cccc(F)c1C(=N)N)C(C)C. The summed E-state index contributed by atoms with van der Waals surface area (Å²) < 4.78 is 19.2. The van der Waals surface area contributed by atoms with E-state index in [1.807, 2.05) is 0 Å². The standard InChI is InChI=1S/C15H24FN3O/c1-10(2)19(11(3)4)8-9-20-13-7-5-6-12(16)14(13)15(17)18/h5-7,10-11H,8-9H2,1-4H3,(H3,17,18). The van der Waals surface area contributed by atoms with Crippen molar-refractivity contribution < 1.29 is 9.13 Å². The van der Waals surface area contributed by atoms with E-state index in [1.165, 1.54) is 6.07 Å². The first-order chi connectivity index (χ1) is 9.34. The van der Waals surface area contributed by atoms with Crippen LogP contribution in [0.5, 0.6) is 5.75 Å². The second-order valence-electron chi connectivity index (χ2n) is 5.30. The molecule has 0 bridgehead atoms. The molecule has 0 saturated heterocycles. The zero-order chi connectivity index (χ0) is 15.3. The van der Waals surface area contributed by atoms with Gasteiger partial charge in [-0.1, -0.05) is 6.07 Å². The minimum absolute atomic E-state index is 0.0353. The molecule has 0 amide bonds. The summed E-state index contributed by atoms with van der Waals surface area (Å²) in [6, 6.07) is 5.30. The maximum absolute atomic E-state index is 13.6. The van der Waals surface area contributed by atoms with Gasteiger partial charge in [0, 0.05) is 18.6 Å². The van der Waals surface area contributed by atoms with Crippen LogP contribution in [0.1, 0.15) is 33.3 Å². The fourth-order valence-corrected chi connectivity index (χ4v) is 2.26. The third kappa shape index (κ3) is 4.20. The van der Waals surface area contributed by atoms with Gasteiger partial charge in [0.15, 0.2) is 0 Å². The highest BCUT2D eigenvalue weighted by molar-refractivity contribution is 5.97. The highest BCUT2D eigenvalue weighted by Gasteiger charge is 2.15. The van der Waals surface area contributed by atoms with Crippen LogP contribution < -0.4 is 10.5 Å². The molecule has 0 aliphatic heterocycles. The van der Waals surface area contributed by atoms with Crippen LogP contribution in [0.25, 0.3) is 0 Å². The molecule has 3 N–H and O–H groups in total. The normalized spacial score (nSPS) is 11.4. The van der Waals surface area contributed by atoms with Gasteiger partial charge >= 0.3 is 0 Å². The van der Waals surface area contributed by atoms with Crippen LogP contribution in [0.3, 0.4) is 0 Å². The highest BCUT2D eigenvalue weighted by Crippen LogP contribution is 2.21. The van der Waals surface area contributed by atoms with Crippen LogP contribution in [0, 0.1) is 11.2 Å². The van der Waals surface area contributed by atoms with E-state index >= 15 is 0 Å². The first-order valence-corrected chi connectivity index (χ1v) is 6.86. The molecule has 0 unspecified atom stereocenters. The Morgan fingerprint density at radius 3 is 2.40 bits per heavy atom. The summed E-state index contributed by atoms with van der Waals surface area (Å²) in [5.41, 5.74) is 5.43. The molecule has 4 nitrogen and oxygen atoms in total. The van der Waals surface area contributed by atoms with Crippen molar-refractivity contribution in [2.24, 2.45) is 5.73 Å². The van der Waals surface area contributed by atoms with E-state index < -0.39 is 5.82 Å². The van der Waals surface area contributed by atoms with Crippen LogP contribution in [-0.4, -0.2) is 36.0 Å². The number of rotatable bonds is 7. The fraction of sp³-hybridized carbons (Fsp3) is 0.533. The molecule has 20 heavy (non-hydrogen) atoms. The largest absolute Gasteiger partial charge is 0.491 e. The van der Waals surface area contributed by atoms with Crippen molar-refractivity contribution in [2.45, 2.75) is 39.8 Å². The van der Waals surface area contributed by atoms with Gasteiger partial charge in [-0.3, -0.25) is 10.3 Å². The number of benzene rings is 1. The number of hydrogen-bond acceptors (Lipinski definition) is 3. The van der Waals surface area contributed by atoms with E-state index in [9.17, 15) is 4.39 Å². The maximum atomic E-state index is 13.6. The lowest BCUT2D eigenvalue weighted by atomic mass is 10.1. The minimum atomic E-state index is -0.528. The summed E-state index contributed by atoms with van der Waals surface area (Å²) in [5, 5.41) is 7.42. The van der Waals surface area contributed by atoms with Crippen LogP contribution in [0.15, 0.2) is 18.2 Å². The Labute approximate surface area is 120 Å². The minimum Gasteiger partial charge on any atom is -0.491 e. The number of nitrogen functional groups attached to an aromatic ring is 1. The molecule has 1 aromatic rings. The van der Waals surface area contributed by atoms with Gasteiger partial charge < -0.3 is 10.5 Å². The molecule has 0 spiro atoms. The summed E-state index contributed by atoms with van der Waals surface area (Å²) in [6.07, 6.45) is 0. The molecule has 0 fully saturated rings. The van der Waals surface area contributed by atoms with Gasteiger partial charge in [-0.25, -0.2) is 4.39 Å². The summed E-state index contributed by atoms with van der Waals surface area (Å²) in [4.78, 5) is 2.28. The number of nitrogens with two attached hydrogens (primary N) is 1. The molecule has 0 radical (unpaired) electrons. The third-order valence-electron chi connectivity index (χ3n) is 3.18. The first kappa shape index (κ1) is 16.4. The predicted molar refractivity (Wildman–Crippen MR) is 79.9 cm³/mol. The molecule has 0 aliphatic carbocycles. The topological polar surface area (TPSA) is 62.3 Å². The van der Waals surface area contributed by atoms with Gasteiger partial charge in [0.1, 0.15) is 24.0 Å². The van der Waals surface area contributed by atoms with Crippen LogP contribution in [-0.2, 0) is 0 Å². The second kappa shape index (κ2) is 7.24. The molecule has 5 heteroatoms. The van der Waals surface area contributed by atoms with E-state index in [1.54, 1.807) is 12.1 Å². The molecular weight excluding hydrogens is 257 g/mol. The number of halogens is 1. The maximum Gasteiger partial charge on any atom is 0.137 e. The quantitative estimate of drug-likeness (QED) is 0.596. The number of nitrogens with zero attached hydrogens (tertiary/aromatic N) is 1. The Bertz CT molecular complexity index is 452. The Kier molecular flexibility index (Phi) is 5.95. The molecular formula is C15H24FN3O. The van der Waals surface area contributed by atoms with E-state index in [4.69, 9.17) is 15.9 Å². The van der Waals surface area contributed by atoms with E-state index in [2.05, 4.69) is 32.6 Å². The Morgan fingerprint density at radius 2 is 1.90 bits per heavy atom. The summed E-state index contributed by atoms with van der Waals surface area (Å²) in [7, 11) is 0. The van der Waals surface area contributed by atoms with E-state index in [-0.39, 0.29) is 11.4 Å². The van der Waals surface area contributed by atoms with E-state index in [0.29, 0.717) is 24.4 Å². The number of ether oxygens (including phenoxy) is 1. The van der Waals surface area contributed by atoms with Gasteiger partial charge in [0.25, 0.3) is 0 Å². The van der Waals surface area contributed by atoms with Gasteiger partial charge in [0.2, 0.25) is 0 Å². The number of hydrogen-bond donors (Lipinski definition) is 2. The lowest BCUT2D eigenvalue weighted by Crippen LogP contribution is -2.39. The lowest BCUT2D eigenvalue weighted by molar-refractivity contribution is 0.141. The molecule has 1 aromatic carbocycles.